The van der Waals surface area contributed by atoms with Crippen molar-refractivity contribution in [3.63, 3.8) is 0 Å². The Labute approximate surface area is 112 Å². The van der Waals surface area contributed by atoms with Gasteiger partial charge < -0.3 is 10.1 Å². The van der Waals surface area contributed by atoms with E-state index in [1.54, 1.807) is 7.11 Å². The monoisotopic (exact) mass is 249 g/mol. The van der Waals surface area contributed by atoms with Crippen LogP contribution in [0.2, 0.25) is 0 Å². The van der Waals surface area contributed by atoms with Gasteiger partial charge in [0.25, 0.3) is 0 Å². The Morgan fingerprint density at radius 1 is 1.00 bits per heavy atom. The van der Waals surface area contributed by atoms with E-state index in [0.29, 0.717) is 18.0 Å². The van der Waals surface area contributed by atoms with Crippen LogP contribution < -0.4 is 5.32 Å². The lowest BCUT2D eigenvalue weighted by Gasteiger charge is -2.20. The second kappa shape index (κ2) is 7.55. The van der Waals surface area contributed by atoms with Crippen LogP contribution in [0, 0.1) is 0 Å². The van der Waals surface area contributed by atoms with Crippen molar-refractivity contribution >= 4 is 0 Å². The fraction of sp³-hybridized carbons (Fsp3) is 0.625. The van der Waals surface area contributed by atoms with Crippen LogP contribution in [0.3, 0.4) is 0 Å². The molecule has 0 heterocycles. The van der Waals surface area contributed by atoms with E-state index < -0.39 is 0 Å². The maximum atomic E-state index is 5.10. The summed E-state index contributed by atoms with van der Waals surface area (Å²) in [5.41, 5.74) is 2.75. The lowest BCUT2D eigenvalue weighted by atomic mass is 9.99. The van der Waals surface area contributed by atoms with Crippen LogP contribution in [-0.4, -0.2) is 19.8 Å². The summed E-state index contributed by atoms with van der Waals surface area (Å²) in [7, 11) is 1.75. The predicted octanol–water partition coefficient (Wildman–Crippen LogP) is 3.89. The van der Waals surface area contributed by atoms with E-state index in [0.717, 1.165) is 13.0 Å². The van der Waals surface area contributed by atoms with Crippen molar-refractivity contribution in [1.82, 2.24) is 5.32 Å². The first kappa shape index (κ1) is 15.2. The molecule has 0 aliphatic heterocycles. The third-order valence-electron chi connectivity index (χ3n) is 3.39. The molecule has 0 aliphatic carbocycles. The van der Waals surface area contributed by atoms with Gasteiger partial charge in [0.05, 0.1) is 0 Å². The van der Waals surface area contributed by atoms with E-state index in [-0.39, 0.29) is 0 Å². The number of hydrogen-bond donors (Lipinski definition) is 1. The number of ether oxygens (including phenoxy) is 1. The number of rotatable bonds is 7. The average Bonchev–Trinajstić information content (AvgIpc) is 2.36. The fourth-order valence-corrected chi connectivity index (χ4v) is 2.07. The Kier molecular flexibility index (Phi) is 6.37. The van der Waals surface area contributed by atoms with Crippen LogP contribution in [0.1, 0.15) is 57.2 Å². The zero-order valence-corrected chi connectivity index (χ0v) is 12.4. The number of hydrogen-bond acceptors (Lipinski definition) is 2. The highest BCUT2D eigenvalue weighted by Crippen LogP contribution is 2.19. The highest BCUT2D eigenvalue weighted by atomic mass is 16.5. The Balaban J connectivity index is 2.53. The molecule has 0 spiro atoms. The molecule has 1 N–H and O–H groups in total. The van der Waals surface area contributed by atoms with E-state index in [9.17, 15) is 0 Å². The van der Waals surface area contributed by atoms with Crippen LogP contribution >= 0.6 is 0 Å². The number of nitrogens with one attached hydrogen (secondary N) is 1. The summed E-state index contributed by atoms with van der Waals surface area (Å²) >= 11 is 0. The zero-order valence-electron chi connectivity index (χ0n) is 12.4. The molecule has 0 aliphatic rings. The normalized spacial score (nSPS) is 14.8. The van der Waals surface area contributed by atoms with Crippen molar-refractivity contribution in [3.05, 3.63) is 35.4 Å². The third kappa shape index (κ3) is 4.79. The standard InChI is InChI=1S/C16H27NO/c1-12(2)15-6-8-16(9-7-15)14(4)17-13(3)10-11-18-5/h6-9,12-14,17H,10-11H2,1-5H3. The van der Waals surface area contributed by atoms with Gasteiger partial charge in [-0.1, -0.05) is 38.1 Å². The summed E-state index contributed by atoms with van der Waals surface area (Å²) in [6, 6.07) is 9.80. The van der Waals surface area contributed by atoms with Gasteiger partial charge in [-0.05, 0) is 37.3 Å². The van der Waals surface area contributed by atoms with E-state index >= 15 is 0 Å². The molecule has 1 rings (SSSR count). The molecule has 2 atom stereocenters. The first-order valence-electron chi connectivity index (χ1n) is 6.89. The molecule has 102 valence electrons. The molecule has 0 radical (unpaired) electrons. The second-order valence-electron chi connectivity index (χ2n) is 5.39. The molecule has 0 saturated heterocycles. The maximum absolute atomic E-state index is 5.10. The molecule has 0 fully saturated rings. The van der Waals surface area contributed by atoms with Gasteiger partial charge in [0.1, 0.15) is 0 Å². The Bertz CT molecular complexity index is 331. The smallest absolute Gasteiger partial charge is 0.0476 e. The quantitative estimate of drug-likeness (QED) is 0.791. The highest BCUT2D eigenvalue weighted by Gasteiger charge is 2.09. The number of methoxy groups -OCH3 is 1. The van der Waals surface area contributed by atoms with E-state index in [2.05, 4.69) is 57.3 Å². The van der Waals surface area contributed by atoms with E-state index in [4.69, 9.17) is 4.74 Å². The van der Waals surface area contributed by atoms with Gasteiger partial charge in [0, 0.05) is 25.8 Å². The van der Waals surface area contributed by atoms with Gasteiger partial charge in [-0.2, -0.15) is 0 Å². The van der Waals surface area contributed by atoms with Crippen molar-refractivity contribution < 1.29 is 4.74 Å². The minimum atomic E-state index is 0.387. The van der Waals surface area contributed by atoms with Crippen molar-refractivity contribution in [3.8, 4) is 0 Å². The predicted molar refractivity (Wildman–Crippen MR) is 78.0 cm³/mol. The summed E-state index contributed by atoms with van der Waals surface area (Å²) in [4.78, 5) is 0. The van der Waals surface area contributed by atoms with E-state index in [1.165, 1.54) is 11.1 Å². The summed E-state index contributed by atoms with van der Waals surface area (Å²) in [5.74, 6) is 0.600. The summed E-state index contributed by atoms with van der Waals surface area (Å²) in [6.07, 6.45) is 1.05. The van der Waals surface area contributed by atoms with E-state index in [1.807, 2.05) is 0 Å². The molecule has 2 unspecified atom stereocenters. The second-order valence-corrected chi connectivity index (χ2v) is 5.39. The van der Waals surface area contributed by atoms with Gasteiger partial charge in [-0.3, -0.25) is 0 Å². The van der Waals surface area contributed by atoms with Gasteiger partial charge in [0.15, 0.2) is 0 Å². The lowest BCUT2D eigenvalue weighted by Crippen LogP contribution is -2.29. The average molecular weight is 249 g/mol. The Morgan fingerprint density at radius 3 is 2.06 bits per heavy atom. The zero-order chi connectivity index (χ0) is 13.5. The summed E-state index contributed by atoms with van der Waals surface area (Å²) in [6.45, 7) is 9.69. The molecule has 0 bridgehead atoms. The van der Waals surface area contributed by atoms with Crippen LogP contribution in [0.5, 0.6) is 0 Å². The van der Waals surface area contributed by atoms with Crippen molar-refractivity contribution in [2.75, 3.05) is 13.7 Å². The van der Waals surface area contributed by atoms with Crippen molar-refractivity contribution in [2.24, 2.45) is 0 Å². The molecule has 1 aromatic carbocycles. The lowest BCUT2D eigenvalue weighted by molar-refractivity contribution is 0.183. The fourth-order valence-electron chi connectivity index (χ4n) is 2.07. The topological polar surface area (TPSA) is 21.3 Å². The molecule has 0 aromatic heterocycles. The molecule has 2 heteroatoms. The molecule has 0 amide bonds. The van der Waals surface area contributed by atoms with Crippen LogP contribution in [-0.2, 0) is 4.74 Å². The molecule has 18 heavy (non-hydrogen) atoms. The minimum Gasteiger partial charge on any atom is -0.385 e. The van der Waals surface area contributed by atoms with Crippen LogP contribution in [0.4, 0.5) is 0 Å². The molecule has 1 aromatic rings. The molecular weight excluding hydrogens is 222 g/mol. The minimum absolute atomic E-state index is 0.387. The molecule has 2 nitrogen and oxygen atoms in total. The van der Waals surface area contributed by atoms with Crippen LogP contribution in [0.25, 0.3) is 0 Å². The Hall–Kier alpha value is -0.860. The van der Waals surface area contributed by atoms with Crippen LogP contribution in [0.15, 0.2) is 24.3 Å². The largest absolute Gasteiger partial charge is 0.385 e. The summed E-state index contributed by atoms with van der Waals surface area (Å²) in [5, 5.41) is 3.60. The molecular formula is C16H27NO. The van der Waals surface area contributed by atoms with Crippen molar-refractivity contribution in [2.45, 2.75) is 52.1 Å². The van der Waals surface area contributed by atoms with Gasteiger partial charge in [-0.15, -0.1) is 0 Å². The number of benzene rings is 1. The summed E-state index contributed by atoms with van der Waals surface area (Å²) < 4.78 is 5.10. The first-order chi connectivity index (χ1) is 8.54. The maximum Gasteiger partial charge on any atom is 0.0476 e. The van der Waals surface area contributed by atoms with Crippen molar-refractivity contribution in [1.29, 1.82) is 0 Å². The highest BCUT2D eigenvalue weighted by molar-refractivity contribution is 5.26. The molecule has 0 saturated carbocycles. The Morgan fingerprint density at radius 2 is 1.56 bits per heavy atom. The van der Waals surface area contributed by atoms with Gasteiger partial charge in [-0.25, -0.2) is 0 Å². The SMILES string of the molecule is COCCC(C)NC(C)c1ccc(C(C)C)cc1. The first-order valence-corrected chi connectivity index (χ1v) is 6.89. The van der Waals surface area contributed by atoms with Gasteiger partial charge >= 0.3 is 0 Å². The third-order valence-corrected chi connectivity index (χ3v) is 3.39. The van der Waals surface area contributed by atoms with Gasteiger partial charge in [0.2, 0.25) is 0 Å².